The van der Waals surface area contributed by atoms with E-state index >= 15 is 0 Å². The monoisotopic (exact) mass is 481 g/mol. The number of amides is 2. The van der Waals surface area contributed by atoms with E-state index in [-0.39, 0.29) is 18.6 Å². The second-order valence-corrected chi connectivity index (χ2v) is 8.45. The van der Waals surface area contributed by atoms with E-state index in [0.29, 0.717) is 29.2 Å². The van der Waals surface area contributed by atoms with Crippen molar-refractivity contribution in [1.82, 2.24) is 25.6 Å². The predicted molar refractivity (Wildman–Crippen MR) is 128 cm³/mol. The number of aryl methyl sites for hydroxylation is 1. The van der Waals surface area contributed by atoms with Crippen LogP contribution in [-0.4, -0.2) is 39.0 Å². The summed E-state index contributed by atoms with van der Waals surface area (Å²) in [4.78, 5) is 36.6. The van der Waals surface area contributed by atoms with Crippen molar-refractivity contribution in [3.63, 3.8) is 0 Å². The number of aromatic nitrogens is 3. The van der Waals surface area contributed by atoms with Gasteiger partial charge in [-0.05, 0) is 48.4 Å². The molecule has 0 saturated heterocycles. The molecule has 2 aromatic carbocycles. The minimum absolute atomic E-state index is 0.0363. The minimum Gasteiger partial charge on any atom is -0.494 e. The lowest BCUT2D eigenvalue weighted by Crippen LogP contribution is -2.41. The molecule has 0 unspecified atom stereocenters. The lowest BCUT2D eigenvalue weighted by molar-refractivity contribution is -0.121. The zero-order valence-electron chi connectivity index (χ0n) is 19.1. The first kappa shape index (κ1) is 25.0. The number of carbonyl (C=O) groups excluding carboxylic acids is 3. The van der Waals surface area contributed by atoms with Gasteiger partial charge in [0.2, 0.25) is 5.91 Å². The Bertz CT molecular complexity index is 1110. The van der Waals surface area contributed by atoms with Crippen molar-refractivity contribution in [2.75, 3.05) is 6.61 Å². The highest BCUT2D eigenvalue weighted by atomic mass is 32.2. The highest BCUT2D eigenvalue weighted by Gasteiger charge is 2.12. The van der Waals surface area contributed by atoms with Gasteiger partial charge in [-0.25, -0.2) is 0 Å². The van der Waals surface area contributed by atoms with Crippen LogP contribution in [0.25, 0.3) is 0 Å². The smallest absolute Gasteiger partial charge is 0.269 e. The lowest BCUT2D eigenvalue weighted by atomic mass is 10.1. The largest absolute Gasteiger partial charge is 0.494 e. The third-order valence-electron chi connectivity index (χ3n) is 4.80. The topological polar surface area (TPSA) is 115 Å². The summed E-state index contributed by atoms with van der Waals surface area (Å²) in [6, 6.07) is 13.9. The van der Waals surface area contributed by atoms with Gasteiger partial charge in [0, 0.05) is 36.8 Å². The molecule has 0 aliphatic rings. The van der Waals surface area contributed by atoms with E-state index in [4.69, 9.17) is 4.74 Å². The minimum atomic E-state index is -0.443. The summed E-state index contributed by atoms with van der Waals surface area (Å²) in [5.74, 6) is 0.360. The number of carbonyl (C=O) groups is 3. The molecular weight excluding hydrogens is 454 g/mol. The van der Waals surface area contributed by atoms with Crippen molar-refractivity contribution in [2.24, 2.45) is 7.05 Å². The first-order valence-corrected chi connectivity index (χ1v) is 11.9. The number of nitrogens with zero attached hydrogens (tertiary/aromatic N) is 3. The van der Waals surface area contributed by atoms with Gasteiger partial charge in [0.05, 0.1) is 6.61 Å². The molecule has 1 heterocycles. The molecule has 1 aromatic heterocycles. The average molecular weight is 482 g/mol. The predicted octanol–water partition coefficient (Wildman–Crippen LogP) is 3.32. The maximum atomic E-state index is 12.3. The van der Waals surface area contributed by atoms with Crippen LogP contribution in [0.2, 0.25) is 0 Å². The highest BCUT2D eigenvalue weighted by Crippen LogP contribution is 2.20. The number of benzene rings is 2. The number of ether oxygens (including phenoxy) is 1. The first-order valence-electron chi connectivity index (χ1n) is 10.9. The van der Waals surface area contributed by atoms with E-state index in [1.165, 1.54) is 0 Å². The van der Waals surface area contributed by atoms with Gasteiger partial charge >= 0.3 is 0 Å². The standard InChI is InChI=1S/C24H27N5O4S/c1-3-14-33-20-10-8-18(9-11-20)21(30)12-13-22(31)26-27-23(32)19-6-4-17(5-7-19)15-34-24-28-25-16-29(24)2/h4-11,16H,3,12-15H2,1-2H3,(H,26,31)(H,27,32). The first-order chi connectivity index (χ1) is 16.5. The third-order valence-corrected chi connectivity index (χ3v) is 5.90. The van der Waals surface area contributed by atoms with Gasteiger partial charge in [0.15, 0.2) is 10.9 Å². The molecule has 0 fully saturated rings. The fourth-order valence-corrected chi connectivity index (χ4v) is 3.74. The van der Waals surface area contributed by atoms with Crippen molar-refractivity contribution in [1.29, 1.82) is 0 Å². The van der Waals surface area contributed by atoms with Crippen LogP contribution in [0.15, 0.2) is 60.0 Å². The van der Waals surface area contributed by atoms with Gasteiger partial charge in [0.1, 0.15) is 12.1 Å². The highest BCUT2D eigenvalue weighted by molar-refractivity contribution is 7.98. The normalized spacial score (nSPS) is 10.5. The zero-order chi connectivity index (χ0) is 24.3. The van der Waals surface area contributed by atoms with Crippen LogP contribution < -0.4 is 15.6 Å². The van der Waals surface area contributed by atoms with Crippen LogP contribution in [0.1, 0.15) is 52.5 Å². The number of Topliss-reactive ketones (excluding diaryl/α,β-unsaturated/α-hetero) is 1. The number of rotatable bonds is 11. The van der Waals surface area contributed by atoms with Crippen LogP contribution in [0.5, 0.6) is 5.75 Å². The summed E-state index contributed by atoms with van der Waals surface area (Å²) >= 11 is 1.54. The van der Waals surface area contributed by atoms with Gasteiger partial charge in [0.25, 0.3) is 5.91 Å². The molecule has 3 aromatic rings. The van der Waals surface area contributed by atoms with Gasteiger partial charge in [-0.2, -0.15) is 0 Å². The van der Waals surface area contributed by atoms with Crippen molar-refractivity contribution < 1.29 is 19.1 Å². The van der Waals surface area contributed by atoms with Crippen LogP contribution in [-0.2, 0) is 17.6 Å². The van der Waals surface area contributed by atoms with E-state index in [1.807, 2.05) is 30.7 Å². The second kappa shape index (κ2) is 12.5. The van der Waals surface area contributed by atoms with E-state index in [2.05, 4.69) is 21.0 Å². The molecule has 0 bridgehead atoms. The number of ketones is 1. The number of hydrazine groups is 1. The molecule has 0 spiro atoms. The Balaban J connectivity index is 1.39. The number of nitrogens with one attached hydrogen (secondary N) is 2. The molecular formula is C24H27N5O4S. The lowest BCUT2D eigenvalue weighted by Gasteiger charge is -2.08. The quantitative estimate of drug-likeness (QED) is 0.245. The maximum absolute atomic E-state index is 12.3. The third kappa shape index (κ3) is 7.45. The summed E-state index contributed by atoms with van der Waals surface area (Å²) in [6.45, 7) is 2.64. The number of hydrogen-bond acceptors (Lipinski definition) is 7. The molecule has 0 aliphatic carbocycles. The van der Waals surface area contributed by atoms with E-state index in [1.54, 1.807) is 54.5 Å². The molecule has 0 aliphatic heterocycles. The van der Waals surface area contributed by atoms with Crippen molar-refractivity contribution in [3.8, 4) is 5.75 Å². The summed E-state index contributed by atoms with van der Waals surface area (Å²) in [7, 11) is 1.88. The molecule has 2 N–H and O–H groups in total. The Labute approximate surface area is 202 Å². The maximum Gasteiger partial charge on any atom is 0.269 e. The van der Waals surface area contributed by atoms with Crippen molar-refractivity contribution >= 4 is 29.4 Å². The van der Waals surface area contributed by atoms with Crippen LogP contribution in [0, 0.1) is 0 Å². The molecule has 0 atom stereocenters. The average Bonchev–Trinajstić information content (AvgIpc) is 3.28. The van der Waals surface area contributed by atoms with E-state index in [0.717, 1.165) is 17.1 Å². The van der Waals surface area contributed by atoms with Gasteiger partial charge in [-0.3, -0.25) is 25.2 Å². The number of hydrogen-bond donors (Lipinski definition) is 2. The van der Waals surface area contributed by atoms with E-state index in [9.17, 15) is 14.4 Å². The summed E-state index contributed by atoms with van der Waals surface area (Å²) in [5.41, 5.74) is 6.68. The molecule has 9 nitrogen and oxygen atoms in total. The zero-order valence-corrected chi connectivity index (χ0v) is 19.9. The van der Waals surface area contributed by atoms with Crippen LogP contribution in [0.3, 0.4) is 0 Å². The van der Waals surface area contributed by atoms with Gasteiger partial charge < -0.3 is 9.30 Å². The Hall–Kier alpha value is -3.66. The van der Waals surface area contributed by atoms with Gasteiger partial charge in [-0.1, -0.05) is 30.8 Å². The molecule has 34 heavy (non-hydrogen) atoms. The summed E-state index contributed by atoms with van der Waals surface area (Å²) < 4.78 is 7.33. The Morgan fingerprint density at radius 2 is 1.68 bits per heavy atom. The Kier molecular flexibility index (Phi) is 9.21. The van der Waals surface area contributed by atoms with Crippen molar-refractivity contribution in [2.45, 2.75) is 37.1 Å². The van der Waals surface area contributed by atoms with Crippen molar-refractivity contribution in [3.05, 3.63) is 71.5 Å². The number of thioether (sulfide) groups is 1. The fraction of sp³-hybridized carbons (Fsp3) is 0.292. The Morgan fingerprint density at radius 1 is 0.971 bits per heavy atom. The fourth-order valence-electron chi connectivity index (χ4n) is 2.89. The molecule has 2 amide bonds. The van der Waals surface area contributed by atoms with Crippen LogP contribution in [0.4, 0.5) is 0 Å². The van der Waals surface area contributed by atoms with E-state index < -0.39 is 11.8 Å². The molecule has 10 heteroatoms. The van der Waals surface area contributed by atoms with Gasteiger partial charge in [-0.15, -0.1) is 10.2 Å². The molecule has 0 saturated carbocycles. The molecule has 178 valence electrons. The van der Waals surface area contributed by atoms with Crippen LogP contribution >= 0.6 is 11.8 Å². The summed E-state index contributed by atoms with van der Waals surface area (Å²) in [5, 5.41) is 8.66. The molecule has 0 radical (unpaired) electrons. The Morgan fingerprint density at radius 3 is 2.32 bits per heavy atom. The molecule has 3 rings (SSSR count). The summed E-state index contributed by atoms with van der Waals surface area (Å²) in [6.07, 6.45) is 2.54. The SMILES string of the molecule is CCCOc1ccc(C(=O)CCC(=O)NNC(=O)c2ccc(CSc3nncn3C)cc2)cc1. The second-order valence-electron chi connectivity index (χ2n) is 7.51.